The number of hydrogen-bond acceptors (Lipinski definition) is 4. The first-order valence-electron chi connectivity index (χ1n) is 5.94. The Balaban J connectivity index is 0.00000324. The molecule has 108 valence electrons. The Morgan fingerprint density at radius 2 is 2.21 bits per heavy atom. The fraction of sp³-hybridized carbons (Fsp3) is 0.462. The van der Waals surface area contributed by atoms with E-state index < -0.39 is 6.10 Å². The van der Waals surface area contributed by atoms with Crippen LogP contribution in [-0.2, 0) is 11.2 Å². The van der Waals surface area contributed by atoms with Crippen molar-refractivity contribution in [2.24, 2.45) is 5.73 Å². The van der Waals surface area contributed by atoms with E-state index in [1.54, 1.807) is 7.11 Å². The summed E-state index contributed by atoms with van der Waals surface area (Å²) >= 11 is 0. The average Bonchev–Trinajstić information content (AvgIpc) is 2.43. The zero-order valence-corrected chi connectivity index (χ0v) is 12.0. The van der Waals surface area contributed by atoms with Crippen LogP contribution in [0.4, 0.5) is 0 Å². The molecule has 0 aromatic heterocycles. The topological polar surface area (TPSA) is 84.6 Å². The lowest BCUT2D eigenvalue weighted by Crippen LogP contribution is -2.33. The zero-order valence-electron chi connectivity index (χ0n) is 11.2. The van der Waals surface area contributed by atoms with E-state index in [4.69, 9.17) is 10.5 Å². The third-order valence-electron chi connectivity index (χ3n) is 2.74. The van der Waals surface area contributed by atoms with Gasteiger partial charge in [0.25, 0.3) is 0 Å². The average molecular weight is 289 g/mol. The maximum atomic E-state index is 11.0. The van der Waals surface area contributed by atoms with Gasteiger partial charge in [-0.2, -0.15) is 0 Å². The van der Waals surface area contributed by atoms with Crippen LogP contribution in [-0.4, -0.2) is 31.2 Å². The number of rotatable bonds is 6. The summed E-state index contributed by atoms with van der Waals surface area (Å²) in [4.78, 5) is 11.0. The van der Waals surface area contributed by atoms with Gasteiger partial charge >= 0.3 is 0 Å². The number of carbonyl (C=O) groups excluding carboxylic acids is 1. The summed E-state index contributed by atoms with van der Waals surface area (Å²) in [7, 11) is 1.55. The fourth-order valence-corrected chi connectivity index (χ4v) is 1.66. The van der Waals surface area contributed by atoms with Crippen LogP contribution in [0.15, 0.2) is 18.2 Å². The van der Waals surface area contributed by atoms with E-state index in [0.717, 1.165) is 12.0 Å². The number of aliphatic hydroxyl groups is 1. The van der Waals surface area contributed by atoms with Gasteiger partial charge in [0.15, 0.2) is 0 Å². The molecule has 0 bridgehead atoms. The molecule has 0 aliphatic heterocycles. The van der Waals surface area contributed by atoms with Crippen LogP contribution < -0.4 is 15.8 Å². The van der Waals surface area contributed by atoms with Crippen LogP contribution in [0.3, 0.4) is 0 Å². The first-order valence-corrected chi connectivity index (χ1v) is 5.94. The first-order chi connectivity index (χ1) is 8.62. The smallest absolute Gasteiger partial charge is 0.233 e. The van der Waals surface area contributed by atoms with Crippen LogP contribution in [0.5, 0.6) is 5.75 Å². The number of hydrogen-bond donors (Lipinski definition) is 3. The van der Waals surface area contributed by atoms with Crippen LogP contribution in [0.1, 0.15) is 24.2 Å². The van der Waals surface area contributed by atoms with E-state index in [0.29, 0.717) is 11.3 Å². The second kappa shape index (κ2) is 8.74. The highest BCUT2D eigenvalue weighted by Crippen LogP contribution is 2.26. The molecule has 0 heterocycles. The van der Waals surface area contributed by atoms with E-state index in [1.165, 1.54) is 0 Å². The maximum absolute atomic E-state index is 11.0. The van der Waals surface area contributed by atoms with E-state index in [1.807, 2.05) is 25.1 Å². The van der Waals surface area contributed by atoms with Crippen LogP contribution >= 0.6 is 12.4 Å². The third kappa shape index (κ3) is 5.06. The lowest BCUT2D eigenvalue weighted by Gasteiger charge is -2.16. The molecule has 0 aliphatic rings. The SMILES string of the molecule is CCc1ccc(OC)c(C(O)CNC(=O)CN)c1.Cl. The highest BCUT2D eigenvalue weighted by Gasteiger charge is 2.14. The van der Waals surface area contributed by atoms with Crippen LogP contribution in [0.2, 0.25) is 0 Å². The van der Waals surface area contributed by atoms with Crippen molar-refractivity contribution >= 4 is 18.3 Å². The first kappa shape index (κ1) is 17.7. The highest BCUT2D eigenvalue weighted by atomic mass is 35.5. The molecule has 6 heteroatoms. The van der Waals surface area contributed by atoms with Crippen LogP contribution in [0, 0.1) is 0 Å². The van der Waals surface area contributed by atoms with E-state index >= 15 is 0 Å². The molecule has 0 radical (unpaired) electrons. The number of aliphatic hydroxyl groups excluding tert-OH is 1. The minimum Gasteiger partial charge on any atom is -0.496 e. The van der Waals surface area contributed by atoms with Crippen molar-refractivity contribution in [2.45, 2.75) is 19.4 Å². The largest absolute Gasteiger partial charge is 0.496 e. The van der Waals surface area contributed by atoms with Crippen molar-refractivity contribution < 1.29 is 14.6 Å². The molecule has 4 N–H and O–H groups in total. The van der Waals surface area contributed by atoms with Gasteiger partial charge < -0.3 is 20.9 Å². The summed E-state index contributed by atoms with van der Waals surface area (Å²) in [5.74, 6) is 0.321. The molecule has 0 saturated carbocycles. The monoisotopic (exact) mass is 288 g/mol. The molecule has 0 aliphatic carbocycles. The molecule has 1 unspecified atom stereocenters. The van der Waals surface area contributed by atoms with E-state index in [9.17, 15) is 9.90 Å². The van der Waals surface area contributed by atoms with Gasteiger partial charge in [0, 0.05) is 12.1 Å². The molecule has 0 saturated heterocycles. The summed E-state index contributed by atoms with van der Waals surface area (Å²) < 4.78 is 5.20. The molecule has 1 amide bonds. The second-order valence-corrected chi connectivity index (χ2v) is 3.95. The van der Waals surface area contributed by atoms with E-state index in [2.05, 4.69) is 5.32 Å². The summed E-state index contributed by atoms with van der Waals surface area (Å²) in [6, 6.07) is 5.66. The number of nitrogens with two attached hydrogens (primary N) is 1. The number of ether oxygens (including phenoxy) is 1. The Morgan fingerprint density at radius 1 is 1.53 bits per heavy atom. The van der Waals surface area contributed by atoms with Gasteiger partial charge in [0.05, 0.1) is 19.8 Å². The van der Waals surface area contributed by atoms with Crippen molar-refractivity contribution in [3.05, 3.63) is 29.3 Å². The molecule has 1 aromatic rings. The Kier molecular flexibility index (Phi) is 8.14. The molecule has 0 spiro atoms. The maximum Gasteiger partial charge on any atom is 0.233 e. The Bertz CT molecular complexity index is 413. The van der Waals surface area contributed by atoms with Crippen LogP contribution in [0.25, 0.3) is 0 Å². The van der Waals surface area contributed by atoms with Gasteiger partial charge in [-0.15, -0.1) is 12.4 Å². The number of nitrogens with one attached hydrogen (secondary N) is 1. The molecule has 19 heavy (non-hydrogen) atoms. The van der Waals surface area contributed by atoms with Crippen molar-refractivity contribution in [3.63, 3.8) is 0 Å². The predicted molar refractivity (Wildman–Crippen MR) is 76.6 cm³/mol. The molecular formula is C13H21ClN2O3. The van der Waals surface area contributed by atoms with Crippen molar-refractivity contribution in [1.82, 2.24) is 5.32 Å². The lowest BCUT2D eigenvalue weighted by molar-refractivity contribution is -0.120. The fourth-order valence-electron chi connectivity index (χ4n) is 1.66. The quantitative estimate of drug-likeness (QED) is 0.722. The molecule has 5 nitrogen and oxygen atoms in total. The number of amides is 1. The Labute approximate surface area is 119 Å². The predicted octanol–water partition coefficient (Wildman–Crippen LogP) is 0.788. The summed E-state index contributed by atoms with van der Waals surface area (Å²) in [6.45, 7) is 2.08. The minimum atomic E-state index is -0.804. The van der Waals surface area contributed by atoms with Crippen molar-refractivity contribution in [2.75, 3.05) is 20.2 Å². The third-order valence-corrected chi connectivity index (χ3v) is 2.74. The number of aryl methyl sites for hydroxylation is 1. The molecule has 0 fully saturated rings. The van der Waals surface area contributed by atoms with Gasteiger partial charge in [0.2, 0.25) is 5.91 Å². The second-order valence-electron chi connectivity index (χ2n) is 3.95. The Morgan fingerprint density at radius 3 is 2.74 bits per heavy atom. The number of benzene rings is 1. The van der Waals surface area contributed by atoms with Gasteiger partial charge in [-0.3, -0.25) is 4.79 Å². The zero-order chi connectivity index (χ0) is 13.5. The number of methoxy groups -OCH3 is 1. The summed E-state index contributed by atoms with van der Waals surface area (Å²) in [5.41, 5.74) is 6.96. The van der Waals surface area contributed by atoms with Gasteiger partial charge in [-0.25, -0.2) is 0 Å². The summed E-state index contributed by atoms with van der Waals surface area (Å²) in [5, 5.41) is 12.6. The normalized spacial score (nSPS) is 11.4. The van der Waals surface area contributed by atoms with E-state index in [-0.39, 0.29) is 31.4 Å². The number of carbonyl (C=O) groups is 1. The Hall–Kier alpha value is -1.30. The minimum absolute atomic E-state index is 0. The molecule has 1 rings (SSSR count). The van der Waals surface area contributed by atoms with Gasteiger partial charge in [-0.1, -0.05) is 13.0 Å². The molecule has 1 atom stereocenters. The summed E-state index contributed by atoms with van der Waals surface area (Å²) in [6.07, 6.45) is 0.0701. The van der Waals surface area contributed by atoms with Crippen molar-refractivity contribution in [3.8, 4) is 5.75 Å². The number of halogens is 1. The molecule has 1 aromatic carbocycles. The van der Waals surface area contributed by atoms with Gasteiger partial charge in [0.1, 0.15) is 5.75 Å². The van der Waals surface area contributed by atoms with Gasteiger partial charge in [-0.05, 0) is 24.1 Å². The molecular weight excluding hydrogens is 268 g/mol. The standard InChI is InChI=1S/C13H20N2O3.ClH/c1-3-9-4-5-12(18-2)10(6-9)11(16)8-15-13(17)7-14;/h4-6,11,16H,3,7-8,14H2,1-2H3,(H,15,17);1H. The van der Waals surface area contributed by atoms with Crippen molar-refractivity contribution in [1.29, 1.82) is 0 Å². The lowest BCUT2D eigenvalue weighted by atomic mass is 10.0. The highest BCUT2D eigenvalue weighted by molar-refractivity contribution is 5.85.